The summed E-state index contributed by atoms with van der Waals surface area (Å²) >= 11 is 1.24. The van der Waals surface area contributed by atoms with Gasteiger partial charge in [0.25, 0.3) is 5.91 Å². The molecule has 0 radical (unpaired) electrons. The molecule has 0 aliphatic carbocycles. The standard InChI is InChI=1S/C11H14N4OS/c1-5-4-6(15(2)3)14-11-7(5)8(12)9(17-11)10(13)16/h4H,12H2,1-3H3,(H2,13,16). The van der Waals surface area contributed by atoms with E-state index in [4.69, 9.17) is 11.5 Å². The van der Waals surface area contributed by atoms with Gasteiger partial charge in [-0.05, 0) is 18.6 Å². The van der Waals surface area contributed by atoms with Crippen LogP contribution in [0.2, 0.25) is 0 Å². The number of nitrogen functional groups attached to an aromatic ring is 1. The van der Waals surface area contributed by atoms with Crippen LogP contribution in [0.15, 0.2) is 6.07 Å². The van der Waals surface area contributed by atoms with Gasteiger partial charge in [-0.15, -0.1) is 11.3 Å². The van der Waals surface area contributed by atoms with Gasteiger partial charge < -0.3 is 16.4 Å². The van der Waals surface area contributed by atoms with Crippen molar-refractivity contribution >= 4 is 39.0 Å². The second-order valence-electron chi connectivity index (χ2n) is 4.08. The molecule has 2 aromatic heterocycles. The maximum atomic E-state index is 11.2. The van der Waals surface area contributed by atoms with Crippen molar-refractivity contribution in [2.45, 2.75) is 6.92 Å². The zero-order chi connectivity index (χ0) is 12.7. The summed E-state index contributed by atoms with van der Waals surface area (Å²) in [5, 5.41) is 0.828. The topological polar surface area (TPSA) is 85.2 Å². The molecular formula is C11H14N4OS. The van der Waals surface area contributed by atoms with Crippen LogP contribution in [0, 0.1) is 6.92 Å². The number of primary amides is 1. The third-order valence-corrected chi connectivity index (χ3v) is 3.68. The van der Waals surface area contributed by atoms with Crippen molar-refractivity contribution in [1.82, 2.24) is 4.98 Å². The van der Waals surface area contributed by atoms with Crippen LogP contribution < -0.4 is 16.4 Å². The maximum absolute atomic E-state index is 11.2. The molecule has 5 nitrogen and oxygen atoms in total. The summed E-state index contributed by atoms with van der Waals surface area (Å²) in [6, 6.07) is 1.94. The molecule has 2 aromatic rings. The Hall–Kier alpha value is -1.82. The molecular weight excluding hydrogens is 236 g/mol. The molecule has 0 atom stereocenters. The number of thiophene rings is 1. The van der Waals surface area contributed by atoms with Crippen molar-refractivity contribution < 1.29 is 4.79 Å². The summed E-state index contributed by atoms with van der Waals surface area (Å²) in [6.45, 7) is 1.95. The second kappa shape index (κ2) is 3.89. The molecule has 2 rings (SSSR count). The minimum absolute atomic E-state index is 0.381. The highest BCUT2D eigenvalue weighted by Crippen LogP contribution is 2.35. The predicted molar refractivity (Wildman–Crippen MR) is 71.6 cm³/mol. The molecule has 90 valence electrons. The molecule has 0 aliphatic rings. The van der Waals surface area contributed by atoms with Gasteiger partial charge in [-0.3, -0.25) is 4.79 Å². The number of hydrogen-bond acceptors (Lipinski definition) is 5. The number of aromatic nitrogens is 1. The lowest BCUT2D eigenvalue weighted by molar-refractivity contribution is 0.100. The average Bonchev–Trinajstić information content (AvgIpc) is 2.56. The largest absolute Gasteiger partial charge is 0.397 e. The van der Waals surface area contributed by atoms with Crippen molar-refractivity contribution in [3.8, 4) is 0 Å². The molecule has 0 unspecified atom stereocenters. The summed E-state index contributed by atoms with van der Waals surface area (Å²) in [5.74, 6) is 0.337. The first kappa shape index (κ1) is 11.7. The van der Waals surface area contributed by atoms with Crippen LogP contribution in [0.5, 0.6) is 0 Å². The van der Waals surface area contributed by atoms with E-state index in [-0.39, 0.29) is 0 Å². The number of fused-ring (bicyclic) bond motifs is 1. The SMILES string of the molecule is Cc1cc(N(C)C)nc2sc(C(N)=O)c(N)c12. The Labute approximate surface area is 103 Å². The number of pyridine rings is 1. The van der Waals surface area contributed by atoms with Crippen LogP contribution in [0.4, 0.5) is 11.5 Å². The van der Waals surface area contributed by atoms with Gasteiger partial charge in [0.1, 0.15) is 15.5 Å². The number of nitrogens with two attached hydrogens (primary N) is 2. The monoisotopic (exact) mass is 250 g/mol. The summed E-state index contributed by atoms with van der Waals surface area (Å²) in [7, 11) is 3.83. The second-order valence-corrected chi connectivity index (χ2v) is 5.08. The quantitative estimate of drug-likeness (QED) is 0.842. The van der Waals surface area contributed by atoms with Crippen LogP contribution in [0.1, 0.15) is 15.2 Å². The van der Waals surface area contributed by atoms with Crippen LogP contribution >= 0.6 is 11.3 Å². The Morgan fingerprint density at radius 1 is 1.47 bits per heavy atom. The van der Waals surface area contributed by atoms with E-state index >= 15 is 0 Å². The molecule has 0 saturated heterocycles. The van der Waals surface area contributed by atoms with Crippen LogP contribution in [0.25, 0.3) is 10.2 Å². The van der Waals surface area contributed by atoms with Crippen molar-refractivity contribution in [2.24, 2.45) is 5.73 Å². The lowest BCUT2D eigenvalue weighted by Gasteiger charge is -2.12. The number of nitrogens with zero attached hydrogens (tertiary/aromatic N) is 2. The normalized spacial score (nSPS) is 10.8. The molecule has 1 amide bonds. The Morgan fingerprint density at radius 2 is 2.12 bits per heavy atom. The van der Waals surface area contributed by atoms with Gasteiger partial charge >= 0.3 is 0 Å². The molecule has 0 aromatic carbocycles. The highest BCUT2D eigenvalue weighted by Gasteiger charge is 2.17. The summed E-state index contributed by atoms with van der Waals surface area (Å²) in [5.41, 5.74) is 12.6. The lowest BCUT2D eigenvalue weighted by atomic mass is 10.1. The number of carbonyl (C=O) groups excluding carboxylic acids is 1. The van der Waals surface area contributed by atoms with Crippen molar-refractivity contribution in [1.29, 1.82) is 0 Å². The molecule has 0 saturated carbocycles. The minimum atomic E-state index is -0.503. The van der Waals surface area contributed by atoms with Crippen LogP contribution in [0.3, 0.4) is 0 Å². The van der Waals surface area contributed by atoms with Crippen molar-refractivity contribution in [3.63, 3.8) is 0 Å². The Balaban J connectivity index is 2.78. The van der Waals surface area contributed by atoms with Gasteiger partial charge in [0.2, 0.25) is 0 Å². The Bertz CT molecular complexity index is 603. The highest BCUT2D eigenvalue weighted by molar-refractivity contribution is 7.21. The van der Waals surface area contributed by atoms with Gasteiger partial charge in [-0.2, -0.15) is 0 Å². The summed E-state index contributed by atoms with van der Waals surface area (Å²) in [6.07, 6.45) is 0. The van der Waals surface area contributed by atoms with Crippen LogP contribution in [-0.2, 0) is 0 Å². The molecule has 0 bridgehead atoms. The Kier molecular flexibility index (Phi) is 2.66. The number of amides is 1. The Morgan fingerprint density at radius 3 is 2.65 bits per heavy atom. The molecule has 4 N–H and O–H groups in total. The molecule has 0 spiro atoms. The zero-order valence-corrected chi connectivity index (χ0v) is 10.8. The first-order chi connectivity index (χ1) is 7.91. The zero-order valence-electron chi connectivity index (χ0n) is 9.94. The fourth-order valence-corrected chi connectivity index (χ4v) is 2.72. The van der Waals surface area contributed by atoms with E-state index in [9.17, 15) is 4.79 Å². The first-order valence-corrected chi connectivity index (χ1v) is 5.90. The molecule has 2 heterocycles. The van der Waals surface area contributed by atoms with Gasteiger partial charge in [0.05, 0.1) is 5.69 Å². The maximum Gasteiger partial charge on any atom is 0.260 e. The van der Waals surface area contributed by atoms with Gasteiger partial charge in [-0.1, -0.05) is 0 Å². The number of carbonyl (C=O) groups is 1. The molecule has 0 fully saturated rings. The molecule has 6 heteroatoms. The van der Waals surface area contributed by atoms with Crippen molar-refractivity contribution in [3.05, 3.63) is 16.5 Å². The van der Waals surface area contributed by atoms with E-state index in [0.717, 1.165) is 21.6 Å². The minimum Gasteiger partial charge on any atom is -0.397 e. The van der Waals surface area contributed by atoms with Gasteiger partial charge in [-0.25, -0.2) is 4.98 Å². The summed E-state index contributed by atoms with van der Waals surface area (Å²) in [4.78, 5) is 18.7. The number of hydrogen-bond donors (Lipinski definition) is 2. The van der Waals surface area contributed by atoms with E-state index < -0.39 is 5.91 Å². The van der Waals surface area contributed by atoms with Gasteiger partial charge in [0, 0.05) is 19.5 Å². The number of anilines is 2. The van der Waals surface area contributed by atoms with Crippen LogP contribution in [-0.4, -0.2) is 25.0 Å². The van der Waals surface area contributed by atoms with Gasteiger partial charge in [0.15, 0.2) is 0 Å². The average molecular weight is 250 g/mol. The summed E-state index contributed by atoms with van der Waals surface area (Å²) < 4.78 is 0. The number of rotatable bonds is 2. The molecule has 17 heavy (non-hydrogen) atoms. The third-order valence-electron chi connectivity index (χ3n) is 2.56. The van der Waals surface area contributed by atoms with E-state index in [2.05, 4.69) is 4.98 Å². The smallest absolute Gasteiger partial charge is 0.260 e. The van der Waals surface area contributed by atoms with E-state index in [1.165, 1.54) is 11.3 Å². The lowest BCUT2D eigenvalue weighted by Crippen LogP contribution is -2.11. The predicted octanol–water partition coefficient (Wildman–Crippen LogP) is 1.35. The van der Waals surface area contributed by atoms with E-state index in [1.807, 2.05) is 32.0 Å². The first-order valence-electron chi connectivity index (χ1n) is 5.08. The number of aryl methyl sites for hydroxylation is 1. The molecule has 0 aliphatic heterocycles. The fraction of sp³-hybridized carbons (Fsp3) is 0.273. The van der Waals surface area contributed by atoms with E-state index in [0.29, 0.717) is 10.6 Å². The fourth-order valence-electron chi connectivity index (χ4n) is 1.71. The van der Waals surface area contributed by atoms with E-state index in [1.54, 1.807) is 0 Å². The van der Waals surface area contributed by atoms with Crippen molar-refractivity contribution in [2.75, 3.05) is 24.7 Å². The highest BCUT2D eigenvalue weighted by atomic mass is 32.1. The third kappa shape index (κ3) is 1.80.